The van der Waals surface area contributed by atoms with Gasteiger partial charge < -0.3 is 15.2 Å². The van der Waals surface area contributed by atoms with Crippen LogP contribution in [-0.2, 0) is 24.1 Å². The summed E-state index contributed by atoms with van der Waals surface area (Å²) in [5.41, 5.74) is 6.45. The molecule has 2 N–H and O–H groups in total. The number of aliphatic hydroxyl groups is 1. The molecule has 0 bridgehead atoms. The van der Waals surface area contributed by atoms with Gasteiger partial charge in [-0.3, -0.25) is 0 Å². The normalized spacial score (nSPS) is 19.5. The zero-order valence-electron chi connectivity index (χ0n) is 15.6. The van der Waals surface area contributed by atoms with E-state index in [2.05, 4.69) is 5.32 Å². The molecule has 1 aliphatic heterocycles. The molecular formula is C21H25FN2O2. The van der Waals surface area contributed by atoms with Crippen LogP contribution in [0.3, 0.4) is 0 Å². The molecule has 0 amide bonds. The topological polar surface area (TPSA) is 54.4 Å². The number of rotatable bonds is 4. The Kier molecular flexibility index (Phi) is 4.24. The van der Waals surface area contributed by atoms with Crippen molar-refractivity contribution in [2.75, 3.05) is 13.7 Å². The third-order valence-electron chi connectivity index (χ3n) is 5.95. The first-order valence-corrected chi connectivity index (χ1v) is 9.21. The van der Waals surface area contributed by atoms with Crippen molar-refractivity contribution in [3.05, 3.63) is 45.9 Å². The van der Waals surface area contributed by atoms with Gasteiger partial charge in [0.05, 0.1) is 29.1 Å². The van der Waals surface area contributed by atoms with Crippen LogP contribution in [0.1, 0.15) is 47.7 Å². The molecule has 138 valence electrons. The van der Waals surface area contributed by atoms with Gasteiger partial charge in [0.25, 0.3) is 0 Å². The van der Waals surface area contributed by atoms with Gasteiger partial charge >= 0.3 is 0 Å². The number of pyridine rings is 1. The summed E-state index contributed by atoms with van der Waals surface area (Å²) in [7, 11) is 1.60. The van der Waals surface area contributed by atoms with E-state index in [0.29, 0.717) is 6.42 Å². The lowest BCUT2D eigenvalue weighted by Crippen LogP contribution is -2.31. The molecule has 26 heavy (non-hydrogen) atoms. The van der Waals surface area contributed by atoms with Gasteiger partial charge in [0.1, 0.15) is 5.82 Å². The van der Waals surface area contributed by atoms with E-state index < -0.39 is 5.60 Å². The fourth-order valence-corrected chi connectivity index (χ4v) is 4.10. The average molecular weight is 356 g/mol. The largest absolute Gasteiger partial charge is 0.393 e. The molecule has 4 nitrogen and oxygen atoms in total. The minimum Gasteiger partial charge on any atom is -0.393 e. The van der Waals surface area contributed by atoms with Crippen LogP contribution < -0.4 is 5.32 Å². The number of halogens is 1. The summed E-state index contributed by atoms with van der Waals surface area (Å²) in [5.74, 6) is -0.170. The van der Waals surface area contributed by atoms with Crippen LogP contribution in [0.15, 0.2) is 12.1 Å². The average Bonchev–Trinajstić information content (AvgIpc) is 3.07. The summed E-state index contributed by atoms with van der Waals surface area (Å²) in [6, 6.07) is 1.58. The summed E-state index contributed by atoms with van der Waals surface area (Å²) in [5, 5.41) is 14.1. The van der Waals surface area contributed by atoms with E-state index in [1.165, 1.54) is 11.1 Å². The number of aromatic nitrogens is 1. The second-order valence-electron chi connectivity index (χ2n) is 7.61. The van der Waals surface area contributed by atoms with Gasteiger partial charge in [-0.2, -0.15) is 0 Å². The zero-order valence-corrected chi connectivity index (χ0v) is 15.6. The van der Waals surface area contributed by atoms with E-state index in [-0.39, 0.29) is 12.4 Å². The van der Waals surface area contributed by atoms with Gasteiger partial charge in [-0.05, 0) is 56.2 Å². The van der Waals surface area contributed by atoms with Crippen molar-refractivity contribution in [1.82, 2.24) is 10.3 Å². The predicted octanol–water partition coefficient (Wildman–Crippen LogP) is 3.40. The quantitative estimate of drug-likeness (QED) is 0.882. The number of nitrogens with zero attached hydrogens (tertiary/aromatic N) is 1. The van der Waals surface area contributed by atoms with E-state index in [9.17, 15) is 9.50 Å². The molecule has 1 aliphatic carbocycles. The second kappa shape index (κ2) is 6.32. The van der Waals surface area contributed by atoms with Gasteiger partial charge in [-0.25, -0.2) is 9.37 Å². The monoisotopic (exact) mass is 356 g/mol. The Bertz CT molecular complexity index is 916. The smallest absolute Gasteiger partial charge is 0.128 e. The van der Waals surface area contributed by atoms with Gasteiger partial charge in [0.15, 0.2) is 0 Å². The minimum atomic E-state index is -0.612. The summed E-state index contributed by atoms with van der Waals surface area (Å²) < 4.78 is 19.8. The van der Waals surface area contributed by atoms with E-state index >= 15 is 0 Å². The Hall–Kier alpha value is -1.98. The van der Waals surface area contributed by atoms with E-state index in [4.69, 9.17) is 9.72 Å². The van der Waals surface area contributed by atoms with Crippen LogP contribution in [0.25, 0.3) is 16.6 Å². The van der Waals surface area contributed by atoms with Crippen molar-refractivity contribution >= 4 is 16.6 Å². The molecule has 0 saturated carbocycles. The molecule has 1 atom stereocenters. The zero-order chi connectivity index (χ0) is 18.5. The number of aryl methyl sites for hydroxylation is 2. The maximum Gasteiger partial charge on any atom is 0.128 e. The van der Waals surface area contributed by atoms with Crippen LogP contribution >= 0.6 is 0 Å². The number of benzene rings is 1. The first kappa shape index (κ1) is 17.4. The SMILES string of the molecule is COC(C)(CO)C/C=C1\NCc2c1nc1cc(F)c(C)c3c1c2CCC3. The van der Waals surface area contributed by atoms with E-state index in [0.717, 1.165) is 59.2 Å². The maximum atomic E-state index is 14.4. The van der Waals surface area contributed by atoms with Crippen molar-refractivity contribution in [3.63, 3.8) is 0 Å². The molecule has 0 saturated heterocycles. The standard InChI is InChI=1S/C21H25FN2O2/c1-12-13-5-4-6-14-15-10-23-17(7-8-21(2,11-25)26-3)20(15)24-18(19(13)14)9-16(12)22/h7,9,23,25H,4-6,8,10-11H2,1-3H3/b17-7-. The Morgan fingerprint density at radius 1 is 1.35 bits per heavy atom. The maximum absolute atomic E-state index is 14.4. The molecule has 0 fully saturated rings. The Morgan fingerprint density at radius 3 is 2.85 bits per heavy atom. The van der Waals surface area contributed by atoms with Crippen LogP contribution in [0.4, 0.5) is 4.39 Å². The highest BCUT2D eigenvalue weighted by Crippen LogP contribution is 2.38. The number of fused-ring (bicyclic) bond motifs is 2. The molecule has 2 aliphatic rings. The fraction of sp³-hybridized carbons (Fsp3) is 0.476. The van der Waals surface area contributed by atoms with Crippen LogP contribution in [0, 0.1) is 12.7 Å². The Balaban J connectivity index is 1.85. The molecular weight excluding hydrogens is 331 g/mol. The highest BCUT2D eigenvalue weighted by atomic mass is 19.1. The number of methoxy groups -OCH3 is 1. The Labute approximate surface area is 153 Å². The van der Waals surface area contributed by atoms with Crippen molar-refractivity contribution in [2.45, 2.75) is 51.7 Å². The lowest BCUT2D eigenvalue weighted by Gasteiger charge is -2.24. The number of aliphatic hydroxyl groups excluding tert-OH is 1. The van der Waals surface area contributed by atoms with Crippen molar-refractivity contribution in [3.8, 4) is 0 Å². The van der Waals surface area contributed by atoms with Crippen molar-refractivity contribution in [1.29, 1.82) is 0 Å². The van der Waals surface area contributed by atoms with Crippen LogP contribution in [-0.4, -0.2) is 29.4 Å². The number of hydrogen-bond acceptors (Lipinski definition) is 4. The number of hydrogen-bond donors (Lipinski definition) is 2. The summed E-state index contributed by atoms with van der Waals surface area (Å²) in [6.45, 7) is 4.45. The van der Waals surface area contributed by atoms with Gasteiger partial charge in [-0.15, -0.1) is 0 Å². The van der Waals surface area contributed by atoms with Gasteiger partial charge in [0.2, 0.25) is 0 Å². The lowest BCUT2D eigenvalue weighted by molar-refractivity contribution is -0.0348. The second-order valence-corrected chi connectivity index (χ2v) is 7.61. The molecule has 0 spiro atoms. The molecule has 0 radical (unpaired) electrons. The molecule has 5 heteroatoms. The van der Waals surface area contributed by atoms with Crippen LogP contribution in [0.5, 0.6) is 0 Å². The number of ether oxygens (including phenoxy) is 1. The van der Waals surface area contributed by atoms with Crippen molar-refractivity contribution in [2.24, 2.45) is 0 Å². The molecule has 1 aromatic heterocycles. The molecule has 1 aromatic carbocycles. The minimum absolute atomic E-state index is 0.0512. The highest BCUT2D eigenvalue weighted by Gasteiger charge is 2.28. The molecule has 4 rings (SSSR count). The highest BCUT2D eigenvalue weighted by molar-refractivity contribution is 5.91. The first-order valence-electron chi connectivity index (χ1n) is 9.21. The summed E-state index contributed by atoms with van der Waals surface area (Å²) in [4.78, 5) is 4.82. The fourth-order valence-electron chi connectivity index (χ4n) is 4.10. The van der Waals surface area contributed by atoms with Crippen LogP contribution in [0.2, 0.25) is 0 Å². The van der Waals surface area contributed by atoms with E-state index in [1.807, 2.05) is 19.9 Å². The summed E-state index contributed by atoms with van der Waals surface area (Å²) in [6.07, 6.45) is 5.59. The molecule has 2 heterocycles. The third-order valence-corrected chi connectivity index (χ3v) is 5.95. The van der Waals surface area contributed by atoms with Crippen molar-refractivity contribution < 1.29 is 14.2 Å². The predicted molar refractivity (Wildman–Crippen MR) is 100 cm³/mol. The molecule has 2 aromatic rings. The van der Waals surface area contributed by atoms with Gasteiger partial charge in [-0.1, -0.05) is 6.08 Å². The Morgan fingerprint density at radius 2 is 2.12 bits per heavy atom. The molecule has 1 unspecified atom stereocenters. The van der Waals surface area contributed by atoms with E-state index in [1.54, 1.807) is 13.2 Å². The number of nitrogens with one attached hydrogen (secondary N) is 1. The van der Waals surface area contributed by atoms with Gasteiger partial charge in [0, 0.05) is 30.7 Å². The lowest BCUT2D eigenvalue weighted by atomic mass is 9.85. The summed E-state index contributed by atoms with van der Waals surface area (Å²) >= 11 is 0. The first-order chi connectivity index (χ1) is 12.5. The third kappa shape index (κ3) is 2.61.